The van der Waals surface area contributed by atoms with Crippen molar-refractivity contribution in [2.75, 3.05) is 11.1 Å². The lowest BCUT2D eigenvalue weighted by atomic mass is 10.2. The van der Waals surface area contributed by atoms with E-state index >= 15 is 0 Å². The van der Waals surface area contributed by atoms with Crippen LogP contribution in [0, 0.1) is 5.95 Å². The lowest BCUT2D eigenvalue weighted by Crippen LogP contribution is -2.27. The normalized spacial score (nSPS) is 22.8. The van der Waals surface area contributed by atoms with Crippen LogP contribution in [0.3, 0.4) is 0 Å². The van der Waals surface area contributed by atoms with E-state index in [0.717, 1.165) is 0 Å². The summed E-state index contributed by atoms with van der Waals surface area (Å²) in [7, 11) is 0. The maximum Gasteiger partial charge on any atom is 0.226 e. The van der Waals surface area contributed by atoms with Gasteiger partial charge in [0.1, 0.15) is 11.5 Å². The van der Waals surface area contributed by atoms with Crippen molar-refractivity contribution in [2.24, 2.45) is 0 Å². The number of hydrogen-bond donors (Lipinski definition) is 3. The Kier molecular flexibility index (Phi) is 4.65. The van der Waals surface area contributed by atoms with Crippen molar-refractivity contribution >= 4 is 40.3 Å². The number of nitrogens with one attached hydrogen (secondary N) is 1. The van der Waals surface area contributed by atoms with Gasteiger partial charge in [-0.25, -0.2) is 9.97 Å². The van der Waals surface area contributed by atoms with E-state index in [2.05, 4.69) is 25.3 Å². The van der Waals surface area contributed by atoms with Crippen molar-refractivity contribution in [1.29, 1.82) is 0 Å². The van der Waals surface area contributed by atoms with Crippen LogP contribution in [0.5, 0.6) is 0 Å². The molecule has 3 aromatic rings. The zero-order chi connectivity index (χ0) is 18.3. The number of hydrogen-bond acceptors (Lipinski definition) is 8. The van der Waals surface area contributed by atoms with E-state index in [1.54, 1.807) is 16.7 Å². The molecule has 0 radical (unpaired) electrons. The van der Waals surface area contributed by atoms with Crippen LogP contribution in [0.25, 0.3) is 11.2 Å². The number of anilines is 1. The average Bonchev–Trinajstić information content (AvgIpc) is 3.17. The highest BCUT2D eigenvalue weighted by atomic mass is 35.5. The predicted molar refractivity (Wildman–Crippen MR) is 95.4 cm³/mol. The third-order valence-electron chi connectivity index (χ3n) is 4.00. The molecule has 4 rings (SSSR count). The highest BCUT2D eigenvalue weighted by Gasteiger charge is 2.36. The number of pyridine rings is 1. The van der Waals surface area contributed by atoms with E-state index in [4.69, 9.17) is 11.6 Å². The van der Waals surface area contributed by atoms with Crippen molar-refractivity contribution in [3.05, 3.63) is 41.5 Å². The molecule has 4 heterocycles. The summed E-state index contributed by atoms with van der Waals surface area (Å²) in [6.45, 7) is 0.229. The van der Waals surface area contributed by atoms with E-state index in [1.165, 1.54) is 24.2 Å². The molecule has 8 nitrogen and oxygen atoms in total. The van der Waals surface area contributed by atoms with Crippen LogP contribution in [0.1, 0.15) is 11.1 Å². The minimum Gasteiger partial charge on any atom is -0.389 e. The summed E-state index contributed by atoms with van der Waals surface area (Å²) < 4.78 is 14.9. The van der Waals surface area contributed by atoms with Crippen LogP contribution in [-0.2, 0) is 6.54 Å². The number of thioether (sulfide) groups is 1. The van der Waals surface area contributed by atoms with Crippen LogP contribution in [-0.4, -0.2) is 52.7 Å². The molecule has 0 bridgehead atoms. The quantitative estimate of drug-likeness (QED) is 0.450. The van der Waals surface area contributed by atoms with Gasteiger partial charge in [0.15, 0.2) is 17.0 Å². The van der Waals surface area contributed by atoms with Crippen molar-refractivity contribution in [3.63, 3.8) is 0 Å². The third kappa shape index (κ3) is 3.20. The number of aliphatic hydroxyl groups is 2. The van der Waals surface area contributed by atoms with Gasteiger partial charge in [0.25, 0.3) is 0 Å². The topological polar surface area (TPSA) is 109 Å². The zero-order valence-corrected chi connectivity index (χ0v) is 14.8. The minimum atomic E-state index is -0.931. The van der Waals surface area contributed by atoms with Crippen molar-refractivity contribution < 1.29 is 14.6 Å². The fraction of sp³-hybridized carbons (Fsp3) is 0.333. The van der Waals surface area contributed by atoms with Crippen LogP contribution >= 0.6 is 23.4 Å². The maximum atomic E-state index is 13.2. The molecule has 0 saturated carbocycles. The van der Waals surface area contributed by atoms with E-state index in [1.807, 2.05) is 0 Å². The molecule has 1 fully saturated rings. The van der Waals surface area contributed by atoms with Gasteiger partial charge in [0.2, 0.25) is 11.2 Å². The summed E-state index contributed by atoms with van der Waals surface area (Å²) in [5, 5.41) is 22.5. The Bertz CT molecular complexity index is 957. The molecule has 1 aliphatic heterocycles. The fourth-order valence-electron chi connectivity index (χ4n) is 2.75. The smallest absolute Gasteiger partial charge is 0.226 e. The number of imidazole rings is 1. The van der Waals surface area contributed by atoms with Crippen LogP contribution in [0.4, 0.5) is 10.2 Å². The Morgan fingerprint density at radius 3 is 2.88 bits per heavy atom. The molecular formula is C15H14ClFN6O2S. The fourth-order valence-corrected chi connectivity index (χ4v) is 4.20. The van der Waals surface area contributed by atoms with Crippen LogP contribution in [0.15, 0.2) is 24.5 Å². The van der Waals surface area contributed by atoms with Crippen molar-refractivity contribution in [2.45, 2.75) is 24.1 Å². The van der Waals surface area contributed by atoms with E-state index in [9.17, 15) is 14.6 Å². The first-order valence-corrected chi connectivity index (χ1v) is 9.18. The number of aromatic nitrogens is 5. The zero-order valence-electron chi connectivity index (χ0n) is 13.3. The maximum absolute atomic E-state index is 13.2. The summed E-state index contributed by atoms with van der Waals surface area (Å²) in [4.78, 5) is 16.4. The number of nitrogens with zero attached hydrogens (tertiary/aromatic N) is 5. The molecular weight excluding hydrogens is 383 g/mol. The third-order valence-corrected chi connectivity index (χ3v) is 5.55. The molecule has 0 spiro atoms. The largest absolute Gasteiger partial charge is 0.389 e. The number of rotatable bonds is 4. The molecule has 0 unspecified atom stereocenters. The van der Waals surface area contributed by atoms with Crippen LogP contribution < -0.4 is 5.32 Å². The van der Waals surface area contributed by atoms with Crippen molar-refractivity contribution in [1.82, 2.24) is 24.5 Å². The molecule has 1 aliphatic rings. The van der Waals surface area contributed by atoms with Gasteiger partial charge in [-0.1, -0.05) is 6.07 Å². The Labute approximate surface area is 156 Å². The first-order valence-electron chi connectivity index (χ1n) is 7.76. The first-order chi connectivity index (χ1) is 12.5. The van der Waals surface area contributed by atoms with Gasteiger partial charge in [-0.3, -0.25) is 4.57 Å². The van der Waals surface area contributed by atoms with Gasteiger partial charge in [-0.15, -0.1) is 11.8 Å². The molecule has 26 heavy (non-hydrogen) atoms. The Hall–Kier alpha value is -2.01. The van der Waals surface area contributed by atoms with Gasteiger partial charge >= 0.3 is 0 Å². The second-order valence-electron chi connectivity index (χ2n) is 5.75. The Balaban J connectivity index is 1.66. The summed E-state index contributed by atoms with van der Waals surface area (Å²) in [5.41, 5.74) is 1.39. The SMILES string of the molecule is O[C@@H]1[C@H](O)CS[C@H]1n1cnc2c(NCc3cccc(F)n3)nc(Cl)nc21. The summed E-state index contributed by atoms with van der Waals surface area (Å²) in [5.74, 6) is 0.230. The molecule has 3 aromatic heterocycles. The molecule has 3 atom stereocenters. The van der Waals surface area contributed by atoms with Gasteiger partial charge in [-0.2, -0.15) is 14.4 Å². The standard InChI is InChI=1S/C15H14ClFN6O2S/c16-15-21-12(18-4-7-2-1-3-9(17)20-7)10-13(22-15)23(6-19-10)14-11(25)8(24)5-26-14/h1-3,6,8,11,14,24-25H,4-5H2,(H,18,21,22)/t8-,11-,14-/m1/s1. The van der Waals surface area contributed by atoms with Crippen LogP contribution in [0.2, 0.25) is 5.28 Å². The van der Waals surface area contributed by atoms with Gasteiger partial charge in [-0.05, 0) is 23.7 Å². The highest BCUT2D eigenvalue weighted by molar-refractivity contribution is 7.99. The minimum absolute atomic E-state index is 0.00647. The highest BCUT2D eigenvalue weighted by Crippen LogP contribution is 2.38. The lowest BCUT2D eigenvalue weighted by molar-refractivity contribution is 0.0313. The van der Waals surface area contributed by atoms with E-state index < -0.39 is 23.5 Å². The van der Waals surface area contributed by atoms with Gasteiger partial charge < -0.3 is 15.5 Å². The number of halogens is 2. The average molecular weight is 397 g/mol. The number of aliphatic hydroxyl groups excluding tert-OH is 2. The molecule has 11 heteroatoms. The Morgan fingerprint density at radius 1 is 1.31 bits per heavy atom. The van der Waals surface area contributed by atoms with E-state index in [0.29, 0.717) is 28.4 Å². The summed E-state index contributed by atoms with van der Waals surface area (Å²) in [6, 6.07) is 4.52. The van der Waals surface area contributed by atoms with Gasteiger partial charge in [0.05, 0.1) is 24.7 Å². The van der Waals surface area contributed by atoms with E-state index in [-0.39, 0.29) is 11.8 Å². The molecule has 3 N–H and O–H groups in total. The Morgan fingerprint density at radius 2 is 2.15 bits per heavy atom. The van der Waals surface area contributed by atoms with Gasteiger partial charge in [0, 0.05) is 5.75 Å². The lowest BCUT2D eigenvalue weighted by Gasteiger charge is -2.17. The molecule has 136 valence electrons. The second-order valence-corrected chi connectivity index (χ2v) is 7.24. The molecule has 0 aliphatic carbocycles. The summed E-state index contributed by atoms with van der Waals surface area (Å²) in [6.07, 6.45) is -0.212. The second kappa shape index (κ2) is 6.95. The molecule has 0 amide bonds. The monoisotopic (exact) mass is 396 g/mol. The predicted octanol–water partition coefficient (Wildman–Crippen LogP) is 1.59. The first kappa shape index (κ1) is 17.4. The number of fused-ring (bicyclic) bond motifs is 1. The molecule has 0 aromatic carbocycles. The molecule has 1 saturated heterocycles. The van der Waals surface area contributed by atoms with Crippen molar-refractivity contribution in [3.8, 4) is 0 Å². The summed E-state index contributed by atoms with van der Waals surface area (Å²) >= 11 is 7.44.